The first-order chi connectivity index (χ1) is 5.29. The summed E-state index contributed by atoms with van der Waals surface area (Å²) in [6, 6.07) is 0. The van der Waals surface area contributed by atoms with Gasteiger partial charge in [0.1, 0.15) is 6.29 Å². The van der Waals surface area contributed by atoms with Crippen LogP contribution in [0.5, 0.6) is 0 Å². The second kappa shape index (κ2) is 3.49. The van der Waals surface area contributed by atoms with Crippen LogP contribution in [0, 0.1) is 11.8 Å². The summed E-state index contributed by atoms with van der Waals surface area (Å²) in [4.78, 5) is 10.5. The number of carbonyl (C=O) groups excluding carboxylic acids is 1. The van der Waals surface area contributed by atoms with Gasteiger partial charge in [-0.3, -0.25) is 0 Å². The van der Waals surface area contributed by atoms with Gasteiger partial charge in [-0.1, -0.05) is 18.2 Å². The zero-order valence-corrected chi connectivity index (χ0v) is 6.31. The Morgan fingerprint density at radius 2 is 2.36 bits per heavy atom. The molecule has 0 fully saturated rings. The molecule has 11 heavy (non-hydrogen) atoms. The van der Waals surface area contributed by atoms with Crippen molar-refractivity contribution in [2.45, 2.75) is 12.5 Å². The molecule has 0 saturated carbocycles. The molecule has 3 atom stereocenters. The number of aliphatic hydroxyl groups excluding tert-OH is 1. The molecular formula is C9H12O2. The highest BCUT2D eigenvalue weighted by Crippen LogP contribution is 2.24. The van der Waals surface area contributed by atoms with Crippen molar-refractivity contribution in [3.63, 3.8) is 0 Å². The molecule has 1 rings (SSSR count). The zero-order valence-electron chi connectivity index (χ0n) is 6.31. The number of hydrogen-bond acceptors (Lipinski definition) is 2. The number of carbonyl (C=O) groups is 1. The first kappa shape index (κ1) is 8.21. The molecule has 0 aromatic heterocycles. The lowest BCUT2D eigenvalue weighted by molar-refractivity contribution is -0.112. The maximum atomic E-state index is 10.5. The fraction of sp³-hybridized carbons (Fsp3) is 0.444. The van der Waals surface area contributed by atoms with Crippen molar-refractivity contribution in [3.05, 3.63) is 24.8 Å². The molecule has 0 amide bonds. The van der Waals surface area contributed by atoms with E-state index in [0.29, 0.717) is 6.42 Å². The lowest BCUT2D eigenvalue weighted by Gasteiger charge is -2.25. The van der Waals surface area contributed by atoms with Crippen molar-refractivity contribution in [1.82, 2.24) is 0 Å². The Balaban J connectivity index is 2.76. The zero-order chi connectivity index (χ0) is 8.27. The molecule has 0 spiro atoms. The van der Waals surface area contributed by atoms with Gasteiger partial charge in [0, 0.05) is 11.8 Å². The van der Waals surface area contributed by atoms with Crippen LogP contribution >= 0.6 is 0 Å². The summed E-state index contributed by atoms with van der Waals surface area (Å²) in [6.07, 6.45) is 6.35. The summed E-state index contributed by atoms with van der Waals surface area (Å²) in [7, 11) is 0. The van der Waals surface area contributed by atoms with Crippen molar-refractivity contribution in [2.24, 2.45) is 11.8 Å². The van der Waals surface area contributed by atoms with Crippen molar-refractivity contribution >= 4 is 6.29 Å². The summed E-state index contributed by atoms with van der Waals surface area (Å²) < 4.78 is 0. The van der Waals surface area contributed by atoms with E-state index < -0.39 is 6.10 Å². The molecule has 0 heterocycles. The van der Waals surface area contributed by atoms with Crippen LogP contribution in [0.1, 0.15) is 6.42 Å². The van der Waals surface area contributed by atoms with Crippen molar-refractivity contribution in [2.75, 3.05) is 0 Å². The third-order valence-corrected chi connectivity index (χ3v) is 2.05. The highest BCUT2D eigenvalue weighted by atomic mass is 16.3. The van der Waals surface area contributed by atoms with Crippen molar-refractivity contribution in [3.8, 4) is 0 Å². The lowest BCUT2D eigenvalue weighted by Crippen LogP contribution is -2.28. The van der Waals surface area contributed by atoms with Crippen LogP contribution in [0.4, 0.5) is 0 Å². The van der Waals surface area contributed by atoms with Gasteiger partial charge in [0.15, 0.2) is 0 Å². The number of allylic oxidation sites excluding steroid dienone is 1. The number of hydrogen-bond donors (Lipinski definition) is 1. The third-order valence-electron chi connectivity index (χ3n) is 2.05. The predicted molar refractivity (Wildman–Crippen MR) is 43.0 cm³/mol. The van der Waals surface area contributed by atoms with Gasteiger partial charge in [-0.15, -0.1) is 6.58 Å². The van der Waals surface area contributed by atoms with Crippen LogP contribution in [0.25, 0.3) is 0 Å². The molecule has 1 aliphatic rings. The monoisotopic (exact) mass is 152 g/mol. The van der Waals surface area contributed by atoms with Crippen LogP contribution in [-0.2, 0) is 4.79 Å². The van der Waals surface area contributed by atoms with E-state index in [1.165, 1.54) is 0 Å². The number of aldehydes is 1. The Bertz CT molecular complexity index is 184. The maximum absolute atomic E-state index is 10.5. The average molecular weight is 152 g/mol. The Hall–Kier alpha value is -0.890. The Labute approximate surface area is 66.2 Å². The molecule has 1 unspecified atom stereocenters. The first-order valence-electron chi connectivity index (χ1n) is 3.72. The van der Waals surface area contributed by atoms with Gasteiger partial charge in [0.25, 0.3) is 0 Å². The minimum atomic E-state index is -0.437. The highest BCUT2D eigenvalue weighted by Gasteiger charge is 2.25. The van der Waals surface area contributed by atoms with Crippen LogP contribution in [0.3, 0.4) is 0 Å². The van der Waals surface area contributed by atoms with Crippen LogP contribution in [0.2, 0.25) is 0 Å². The van der Waals surface area contributed by atoms with E-state index in [2.05, 4.69) is 6.58 Å². The Morgan fingerprint density at radius 1 is 1.64 bits per heavy atom. The SMILES string of the molecule is C=C[C@@H]1C(C=O)C=CC[C@@H]1O. The summed E-state index contributed by atoms with van der Waals surface area (Å²) in [5.74, 6) is -0.284. The second-order valence-corrected chi connectivity index (χ2v) is 2.76. The average Bonchev–Trinajstić information content (AvgIpc) is 2.04. The molecule has 2 heteroatoms. The van der Waals surface area contributed by atoms with Gasteiger partial charge >= 0.3 is 0 Å². The highest BCUT2D eigenvalue weighted by molar-refractivity contribution is 5.58. The van der Waals surface area contributed by atoms with Gasteiger partial charge < -0.3 is 9.90 Å². The number of aliphatic hydroxyl groups is 1. The fourth-order valence-electron chi connectivity index (χ4n) is 1.37. The van der Waals surface area contributed by atoms with Gasteiger partial charge in [-0.05, 0) is 6.42 Å². The molecule has 0 radical (unpaired) electrons. The fourth-order valence-corrected chi connectivity index (χ4v) is 1.37. The van der Waals surface area contributed by atoms with E-state index >= 15 is 0 Å². The quantitative estimate of drug-likeness (QED) is 0.472. The minimum Gasteiger partial charge on any atom is -0.392 e. The summed E-state index contributed by atoms with van der Waals surface area (Å²) in [6.45, 7) is 3.58. The Morgan fingerprint density at radius 3 is 2.82 bits per heavy atom. The van der Waals surface area contributed by atoms with Gasteiger partial charge in [-0.25, -0.2) is 0 Å². The lowest BCUT2D eigenvalue weighted by atomic mass is 9.83. The summed E-state index contributed by atoms with van der Waals surface area (Å²) in [5, 5.41) is 9.39. The van der Waals surface area contributed by atoms with E-state index in [9.17, 15) is 9.90 Å². The van der Waals surface area contributed by atoms with E-state index in [-0.39, 0.29) is 11.8 Å². The molecule has 0 aromatic carbocycles. The van der Waals surface area contributed by atoms with E-state index in [1.54, 1.807) is 6.08 Å². The topological polar surface area (TPSA) is 37.3 Å². The van der Waals surface area contributed by atoms with Crippen LogP contribution in [0.15, 0.2) is 24.8 Å². The van der Waals surface area contributed by atoms with E-state index in [0.717, 1.165) is 6.29 Å². The smallest absolute Gasteiger partial charge is 0.127 e. The predicted octanol–water partition coefficient (Wildman–Crippen LogP) is 0.924. The molecule has 0 aromatic rings. The minimum absolute atomic E-state index is 0.0995. The third kappa shape index (κ3) is 1.57. The van der Waals surface area contributed by atoms with Gasteiger partial charge in [-0.2, -0.15) is 0 Å². The first-order valence-corrected chi connectivity index (χ1v) is 3.72. The van der Waals surface area contributed by atoms with Crippen molar-refractivity contribution in [1.29, 1.82) is 0 Å². The van der Waals surface area contributed by atoms with E-state index in [4.69, 9.17) is 0 Å². The van der Waals surface area contributed by atoms with Crippen LogP contribution in [-0.4, -0.2) is 17.5 Å². The molecule has 0 bridgehead atoms. The van der Waals surface area contributed by atoms with Crippen LogP contribution < -0.4 is 0 Å². The molecule has 1 aliphatic carbocycles. The maximum Gasteiger partial charge on any atom is 0.127 e. The van der Waals surface area contributed by atoms with Crippen molar-refractivity contribution < 1.29 is 9.90 Å². The van der Waals surface area contributed by atoms with Gasteiger partial charge in [0.2, 0.25) is 0 Å². The molecule has 1 N–H and O–H groups in total. The van der Waals surface area contributed by atoms with Gasteiger partial charge in [0.05, 0.1) is 6.10 Å². The molecule has 0 saturated heterocycles. The standard InChI is InChI=1S/C9H12O2/c1-2-8-7(6-10)4-3-5-9(8)11/h2-4,6-9,11H,1,5H2/t7?,8-,9+/m1/s1. The van der Waals surface area contributed by atoms with E-state index in [1.807, 2.05) is 12.2 Å². The molecular weight excluding hydrogens is 140 g/mol. The second-order valence-electron chi connectivity index (χ2n) is 2.76. The largest absolute Gasteiger partial charge is 0.392 e. The molecule has 0 aliphatic heterocycles. The summed E-state index contributed by atoms with van der Waals surface area (Å²) >= 11 is 0. The normalized spacial score (nSPS) is 36.6. The Kier molecular flexibility index (Phi) is 2.60. The number of rotatable bonds is 2. The molecule has 2 nitrogen and oxygen atoms in total. The molecule has 60 valence electrons. The summed E-state index contributed by atoms with van der Waals surface area (Å²) in [5.41, 5.74) is 0.